The van der Waals surface area contributed by atoms with Crippen LogP contribution < -0.4 is 9.47 Å². The molecule has 0 spiro atoms. The van der Waals surface area contributed by atoms with Crippen LogP contribution in [0.5, 0.6) is 11.8 Å². The van der Waals surface area contributed by atoms with E-state index in [1.165, 1.54) is 32.2 Å². The van der Waals surface area contributed by atoms with Gasteiger partial charge in [-0.2, -0.15) is 4.98 Å². The molecule has 0 saturated carbocycles. The number of hydrogen-bond acceptors (Lipinski definition) is 6. The minimum Gasteiger partial charge on any atom is -0.480 e. The second-order valence-corrected chi connectivity index (χ2v) is 6.10. The Labute approximate surface area is 135 Å². The molecule has 1 atom stereocenters. The summed E-state index contributed by atoms with van der Waals surface area (Å²) in [7, 11) is 2.99. The van der Waals surface area contributed by atoms with Crippen molar-refractivity contribution in [1.29, 1.82) is 0 Å². The molecule has 5 nitrogen and oxygen atoms in total. The number of halogens is 1. The second kappa shape index (κ2) is 7.63. The van der Waals surface area contributed by atoms with Gasteiger partial charge in [-0.15, -0.1) is 11.8 Å². The van der Waals surface area contributed by atoms with E-state index in [0.717, 1.165) is 9.37 Å². The van der Waals surface area contributed by atoms with Gasteiger partial charge >= 0.3 is 0 Å². The Morgan fingerprint density at radius 3 is 2.81 bits per heavy atom. The molecule has 1 N–H and O–H groups in total. The quantitative estimate of drug-likeness (QED) is 0.788. The molecule has 2 aromatic rings. The van der Waals surface area contributed by atoms with Gasteiger partial charge in [-0.1, -0.05) is 22.0 Å². The van der Waals surface area contributed by atoms with Gasteiger partial charge in [0.2, 0.25) is 11.8 Å². The molecule has 21 heavy (non-hydrogen) atoms. The Hall–Kier alpha value is -1.31. The number of rotatable bonds is 6. The van der Waals surface area contributed by atoms with E-state index in [-0.39, 0.29) is 5.88 Å². The number of aliphatic hydroxyl groups excluding tert-OH is 1. The highest BCUT2D eigenvalue weighted by Gasteiger charge is 2.18. The normalized spacial score (nSPS) is 12.0. The van der Waals surface area contributed by atoms with Crippen LogP contribution in [0, 0.1) is 0 Å². The summed E-state index contributed by atoms with van der Waals surface area (Å²) in [4.78, 5) is 9.34. The molecule has 1 aromatic heterocycles. The molecule has 112 valence electrons. The van der Waals surface area contributed by atoms with Gasteiger partial charge in [0.15, 0.2) is 0 Å². The molecule has 7 heteroatoms. The summed E-state index contributed by atoms with van der Waals surface area (Å²) < 4.78 is 11.1. The van der Waals surface area contributed by atoms with Crippen LogP contribution in [0.15, 0.2) is 39.8 Å². The van der Waals surface area contributed by atoms with Crippen molar-refractivity contribution in [2.45, 2.75) is 11.0 Å². The van der Waals surface area contributed by atoms with E-state index >= 15 is 0 Å². The van der Waals surface area contributed by atoms with Gasteiger partial charge in [0, 0.05) is 15.1 Å². The average Bonchev–Trinajstić information content (AvgIpc) is 2.52. The molecule has 0 aliphatic heterocycles. The molecule has 1 aromatic carbocycles. The Morgan fingerprint density at radius 1 is 1.33 bits per heavy atom. The van der Waals surface area contributed by atoms with Gasteiger partial charge in [0.1, 0.15) is 11.8 Å². The van der Waals surface area contributed by atoms with Crippen LogP contribution in [0.1, 0.15) is 11.8 Å². The van der Waals surface area contributed by atoms with E-state index in [9.17, 15) is 5.11 Å². The highest BCUT2D eigenvalue weighted by molar-refractivity contribution is 9.10. The summed E-state index contributed by atoms with van der Waals surface area (Å²) in [5.41, 5.74) is 0.404. The first-order valence-corrected chi connectivity index (χ1v) is 7.93. The maximum atomic E-state index is 10.3. The zero-order valence-corrected chi connectivity index (χ0v) is 14.0. The number of nitrogens with zero attached hydrogens (tertiary/aromatic N) is 2. The van der Waals surface area contributed by atoms with Crippen LogP contribution in [-0.4, -0.2) is 35.0 Å². The van der Waals surface area contributed by atoms with E-state index in [1.54, 1.807) is 0 Å². The highest BCUT2D eigenvalue weighted by atomic mass is 79.9. The third-order valence-corrected chi connectivity index (χ3v) is 4.23. The summed E-state index contributed by atoms with van der Waals surface area (Å²) in [6.07, 6.45) is 0.688. The molecule has 0 aliphatic rings. The van der Waals surface area contributed by atoms with Crippen molar-refractivity contribution in [3.05, 3.63) is 40.6 Å². The number of aromatic nitrogens is 2. The Bertz CT molecular complexity index is 613. The van der Waals surface area contributed by atoms with Crippen molar-refractivity contribution in [3.8, 4) is 11.8 Å². The standard InChI is InChI=1S/C14H15BrN2O3S/c1-19-12-7-16-13(14(17-12)20-2)11(18)8-21-10-5-3-4-9(15)6-10/h3-7,11,18H,8H2,1-2H3. The predicted molar refractivity (Wildman–Crippen MR) is 85.0 cm³/mol. The number of hydrogen-bond donors (Lipinski definition) is 1. The van der Waals surface area contributed by atoms with E-state index in [4.69, 9.17) is 9.47 Å². The van der Waals surface area contributed by atoms with E-state index in [0.29, 0.717) is 17.3 Å². The molecule has 0 bridgehead atoms. The topological polar surface area (TPSA) is 64.5 Å². The van der Waals surface area contributed by atoms with Crippen LogP contribution in [0.25, 0.3) is 0 Å². The Kier molecular flexibility index (Phi) is 5.84. The lowest BCUT2D eigenvalue weighted by Crippen LogP contribution is -2.08. The van der Waals surface area contributed by atoms with Crippen molar-refractivity contribution in [2.75, 3.05) is 20.0 Å². The average molecular weight is 371 g/mol. The number of ether oxygens (including phenoxy) is 2. The molecule has 1 heterocycles. The fraction of sp³-hybridized carbons (Fsp3) is 0.286. The Balaban J connectivity index is 2.07. The predicted octanol–water partition coefficient (Wildman–Crippen LogP) is 3.08. The molecule has 0 aliphatic carbocycles. The van der Waals surface area contributed by atoms with Gasteiger partial charge in [-0.25, -0.2) is 4.98 Å². The van der Waals surface area contributed by atoms with Gasteiger partial charge in [-0.3, -0.25) is 0 Å². The summed E-state index contributed by atoms with van der Waals surface area (Å²) in [5, 5.41) is 10.3. The molecule has 0 amide bonds. The molecule has 1 unspecified atom stereocenters. The largest absolute Gasteiger partial charge is 0.480 e. The number of methoxy groups -OCH3 is 2. The summed E-state index contributed by atoms with van der Waals surface area (Å²) in [6, 6.07) is 7.89. The first-order valence-electron chi connectivity index (χ1n) is 6.15. The molecule has 2 rings (SSSR count). The van der Waals surface area contributed by atoms with Gasteiger partial charge in [0.05, 0.1) is 20.4 Å². The monoisotopic (exact) mass is 370 g/mol. The van der Waals surface area contributed by atoms with Crippen molar-refractivity contribution < 1.29 is 14.6 Å². The summed E-state index contributed by atoms with van der Waals surface area (Å²) in [6.45, 7) is 0. The Morgan fingerprint density at radius 2 is 2.14 bits per heavy atom. The van der Waals surface area contributed by atoms with Gasteiger partial charge in [-0.05, 0) is 18.2 Å². The minimum absolute atomic E-state index is 0.275. The fourth-order valence-electron chi connectivity index (χ4n) is 1.65. The molecule has 0 radical (unpaired) electrons. The third-order valence-electron chi connectivity index (χ3n) is 2.67. The maximum absolute atomic E-state index is 10.3. The fourth-order valence-corrected chi connectivity index (χ4v) is 3.10. The second-order valence-electron chi connectivity index (χ2n) is 4.09. The van der Waals surface area contributed by atoms with Crippen molar-refractivity contribution >= 4 is 27.7 Å². The maximum Gasteiger partial charge on any atom is 0.241 e. The van der Waals surface area contributed by atoms with Crippen molar-refractivity contribution in [2.24, 2.45) is 0 Å². The summed E-state index contributed by atoms with van der Waals surface area (Å²) in [5.74, 6) is 1.08. The minimum atomic E-state index is -0.776. The third kappa shape index (κ3) is 4.33. The number of aliphatic hydroxyl groups is 1. The van der Waals surface area contributed by atoms with E-state index in [2.05, 4.69) is 25.9 Å². The molecular formula is C14H15BrN2O3S. The van der Waals surface area contributed by atoms with Crippen molar-refractivity contribution in [1.82, 2.24) is 9.97 Å². The SMILES string of the molecule is COc1cnc(C(O)CSc2cccc(Br)c2)c(OC)n1. The molecule has 0 fully saturated rings. The first-order chi connectivity index (χ1) is 10.1. The highest BCUT2D eigenvalue weighted by Crippen LogP contribution is 2.29. The smallest absolute Gasteiger partial charge is 0.241 e. The summed E-state index contributed by atoms with van der Waals surface area (Å²) >= 11 is 4.95. The van der Waals surface area contributed by atoms with Crippen LogP contribution >= 0.6 is 27.7 Å². The van der Waals surface area contributed by atoms with E-state index in [1.807, 2.05) is 24.3 Å². The number of thioether (sulfide) groups is 1. The zero-order chi connectivity index (χ0) is 15.2. The van der Waals surface area contributed by atoms with Gasteiger partial charge in [0.25, 0.3) is 0 Å². The zero-order valence-electron chi connectivity index (χ0n) is 11.6. The molecular weight excluding hydrogens is 356 g/mol. The molecule has 0 saturated heterocycles. The van der Waals surface area contributed by atoms with Gasteiger partial charge < -0.3 is 14.6 Å². The van der Waals surface area contributed by atoms with Crippen LogP contribution in [0.2, 0.25) is 0 Å². The van der Waals surface area contributed by atoms with E-state index < -0.39 is 6.10 Å². The lowest BCUT2D eigenvalue weighted by atomic mass is 10.3. The van der Waals surface area contributed by atoms with Crippen LogP contribution in [0.4, 0.5) is 0 Å². The van der Waals surface area contributed by atoms with Crippen LogP contribution in [-0.2, 0) is 0 Å². The van der Waals surface area contributed by atoms with Crippen molar-refractivity contribution in [3.63, 3.8) is 0 Å². The van der Waals surface area contributed by atoms with Crippen LogP contribution in [0.3, 0.4) is 0 Å². The first kappa shape index (κ1) is 16.1. The lowest BCUT2D eigenvalue weighted by Gasteiger charge is -2.13. The number of benzene rings is 1. The lowest BCUT2D eigenvalue weighted by molar-refractivity contribution is 0.191.